The molecule has 8 heteroatoms. The van der Waals surface area contributed by atoms with E-state index in [0.29, 0.717) is 17.1 Å². The molecule has 0 bridgehead atoms. The lowest BCUT2D eigenvalue weighted by Crippen LogP contribution is -2.26. The van der Waals surface area contributed by atoms with Crippen molar-refractivity contribution in [3.05, 3.63) is 53.9 Å². The zero-order valence-electron chi connectivity index (χ0n) is 15.6. The Morgan fingerprint density at radius 2 is 1.89 bits per heavy atom. The third-order valence-corrected chi connectivity index (χ3v) is 4.09. The van der Waals surface area contributed by atoms with Gasteiger partial charge in [-0.05, 0) is 19.1 Å². The maximum Gasteiger partial charge on any atom is 0.320 e. The minimum atomic E-state index is -0.157. The van der Waals surface area contributed by atoms with Crippen LogP contribution in [-0.2, 0) is 7.05 Å². The number of methoxy groups -OCH3 is 2. The summed E-state index contributed by atoms with van der Waals surface area (Å²) < 4.78 is 12.0. The second-order valence-corrected chi connectivity index (χ2v) is 6.00. The van der Waals surface area contributed by atoms with Crippen molar-refractivity contribution in [2.24, 2.45) is 7.05 Å². The molecule has 140 valence electrons. The Bertz CT molecular complexity index is 915. The van der Waals surface area contributed by atoms with E-state index in [1.807, 2.05) is 32.3 Å². The van der Waals surface area contributed by atoms with E-state index in [1.54, 1.807) is 29.1 Å². The highest BCUT2D eigenvalue weighted by Crippen LogP contribution is 2.24. The van der Waals surface area contributed by atoms with Gasteiger partial charge in [0.25, 0.3) is 5.91 Å². The Kier molecular flexibility index (Phi) is 5.35. The Labute approximate surface area is 157 Å². The van der Waals surface area contributed by atoms with Crippen molar-refractivity contribution in [2.75, 3.05) is 14.2 Å². The van der Waals surface area contributed by atoms with Crippen molar-refractivity contribution in [3.63, 3.8) is 0 Å². The summed E-state index contributed by atoms with van der Waals surface area (Å²) in [6.07, 6.45) is 3.62. The van der Waals surface area contributed by atoms with E-state index in [0.717, 1.165) is 11.1 Å². The van der Waals surface area contributed by atoms with Crippen LogP contribution in [0.3, 0.4) is 0 Å². The van der Waals surface area contributed by atoms with Crippen LogP contribution in [-0.4, -0.2) is 39.9 Å². The largest absolute Gasteiger partial charge is 0.481 e. The van der Waals surface area contributed by atoms with E-state index in [2.05, 4.69) is 20.4 Å². The van der Waals surface area contributed by atoms with Crippen LogP contribution in [0.4, 0.5) is 0 Å². The Morgan fingerprint density at radius 1 is 1.15 bits per heavy atom. The van der Waals surface area contributed by atoms with E-state index < -0.39 is 0 Å². The van der Waals surface area contributed by atoms with Gasteiger partial charge in [0.15, 0.2) is 0 Å². The highest BCUT2D eigenvalue weighted by Gasteiger charge is 2.13. The van der Waals surface area contributed by atoms with Crippen LogP contribution < -0.4 is 14.8 Å². The fourth-order valence-electron chi connectivity index (χ4n) is 2.57. The standard InChI is InChI=1S/C19H21N5O3/c1-12(15-10-20-24(2)11-15)21-18(25)14-7-5-13(6-8-14)16-9-17(26-3)23-19(22-16)27-4/h5-12H,1-4H3,(H,21,25)/t12-/m1/s1. The molecule has 1 atom stereocenters. The number of carbonyl (C=O) groups is 1. The summed E-state index contributed by atoms with van der Waals surface area (Å²) in [6.45, 7) is 1.92. The second-order valence-electron chi connectivity index (χ2n) is 6.00. The molecule has 27 heavy (non-hydrogen) atoms. The van der Waals surface area contributed by atoms with Crippen molar-refractivity contribution < 1.29 is 14.3 Å². The molecule has 3 rings (SSSR count). The Hall–Kier alpha value is -3.42. The van der Waals surface area contributed by atoms with E-state index >= 15 is 0 Å². The van der Waals surface area contributed by atoms with E-state index in [9.17, 15) is 4.79 Å². The smallest absolute Gasteiger partial charge is 0.320 e. The van der Waals surface area contributed by atoms with Crippen LogP contribution >= 0.6 is 0 Å². The molecule has 0 radical (unpaired) electrons. The molecule has 0 saturated carbocycles. The minimum absolute atomic E-state index is 0.138. The van der Waals surface area contributed by atoms with Gasteiger partial charge in [0.2, 0.25) is 5.88 Å². The lowest BCUT2D eigenvalue weighted by molar-refractivity contribution is 0.0940. The molecule has 1 N–H and O–H groups in total. The first-order valence-electron chi connectivity index (χ1n) is 8.37. The molecule has 1 aromatic carbocycles. The summed E-state index contributed by atoms with van der Waals surface area (Å²) >= 11 is 0. The molecule has 0 aliphatic rings. The van der Waals surface area contributed by atoms with Gasteiger partial charge < -0.3 is 14.8 Å². The lowest BCUT2D eigenvalue weighted by Gasteiger charge is -2.12. The van der Waals surface area contributed by atoms with E-state index in [4.69, 9.17) is 9.47 Å². The fourth-order valence-corrected chi connectivity index (χ4v) is 2.57. The number of aromatic nitrogens is 4. The lowest BCUT2D eigenvalue weighted by atomic mass is 10.1. The average molecular weight is 367 g/mol. The molecule has 1 amide bonds. The monoisotopic (exact) mass is 367 g/mol. The molecular weight excluding hydrogens is 346 g/mol. The minimum Gasteiger partial charge on any atom is -0.481 e. The summed E-state index contributed by atoms with van der Waals surface area (Å²) in [5.41, 5.74) is 2.98. The number of rotatable bonds is 6. The summed E-state index contributed by atoms with van der Waals surface area (Å²) in [7, 11) is 4.87. The molecule has 8 nitrogen and oxygen atoms in total. The summed E-state index contributed by atoms with van der Waals surface area (Å²) in [4.78, 5) is 20.9. The van der Waals surface area contributed by atoms with E-state index in [1.165, 1.54) is 14.2 Å². The molecule has 0 spiro atoms. The molecule has 0 fully saturated rings. The van der Waals surface area contributed by atoms with Crippen molar-refractivity contribution in [1.29, 1.82) is 0 Å². The average Bonchev–Trinajstić information content (AvgIpc) is 3.14. The zero-order valence-corrected chi connectivity index (χ0v) is 15.6. The molecule has 0 unspecified atom stereocenters. The van der Waals surface area contributed by atoms with Gasteiger partial charge in [-0.2, -0.15) is 15.1 Å². The zero-order chi connectivity index (χ0) is 19.4. The quantitative estimate of drug-likeness (QED) is 0.719. The summed E-state index contributed by atoms with van der Waals surface area (Å²) in [5, 5.41) is 7.09. The molecule has 0 aliphatic heterocycles. The van der Waals surface area contributed by atoms with Crippen molar-refractivity contribution in [2.45, 2.75) is 13.0 Å². The number of hydrogen-bond acceptors (Lipinski definition) is 6. The van der Waals surface area contributed by atoms with Crippen molar-refractivity contribution >= 4 is 5.91 Å². The van der Waals surface area contributed by atoms with Gasteiger partial charge >= 0.3 is 6.01 Å². The number of aryl methyl sites for hydroxylation is 1. The summed E-state index contributed by atoms with van der Waals surface area (Å²) in [5.74, 6) is 0.250. The number of amides is 1. The Balaban J connectivity index is 1.76. The maximum absolute atomic E-state index is 12.5. The molecule has 3 aromatic rings. The normalized spacial score (nSPS) is 11.7. The first-order valence-corrected chi connectivity index (χ1v) is 8.37. The van der Waals surface area contributed by atoms with Gasteiger partial charge in [-0.1, -0.05) is 12.1 Å². The predicted molar refractivity (Wildman–Crippen MR) is 99.7 cm³/mol. The number of hydrogen-bond donors (Lipinski definition) is 1. The summed E-state index contributed by atoms with van der Waals surface area (Å²) in [6, 6.07) is 8.94. The van der Waals surface area contributed by atoms with Crippen LogP contribution in [0.1, 0.15) is 28.9 Å². The first kappa shape index (κ1) is 18.4. The molecular formula is C19H21N5O3. The molecule has 0 aliphatic carbocycles. The number of carbonyl (C=O) groups excluding carboxylic acids is 1. The topological polar surface area (TPSA) is 91.2 Å². The van der Waals surface area contributed by atoms with Crippen LogP contribution in [0.25, 0.3) is 11.3 Å². The maximum atomic E-state index is 12.5. The number of ether oxygens (including phenoxy) is 2. The molecule has 0 saturated heterocycles. The van der Waals surface area contributed by atoms with Crippen LogP contribution in [0.15, 0.2) is 42.7 Å². The van der Waals surface area contributed by atoms with Crippen molar-refractivity contribution in [3.8, 4) is 23.1 Å². The molecule has 2 aromatic heterocycles. The van der Waals surface area contributed by atoms with Crippen LogP contribution in [0.5, 0.6) is 11.9 Å². The van der Waals surface area contributed by atoms with Gasteiger partial charge in [0.1, 0.15) is 0 Å². The van der Waals surface area contributed by atoms with Crippen LogP contribution in [0, 0.1) is 0 Å². The van der Waals surface area contributed by atoms with Crippen molar-refractivity contribution in [1.82, 2.24) is 25.1 Å². The number of benzene rings is 1. The third kappa shape index (κ3) is 4.22. The van der Waals surface area contributed by atoms with Crippen LogP contribution in [0.2, 0.25) is 0 Å². The molecule has 2 heterocycles. The number of nitrogens with one attached hydrogen (secondary N) is 1. The first-order chi connectivity index (χ1) is 13.0. The number of nitrogens with zero attached hydrogens (tertiary/aromatic N) is 4. The predicted octanol–water partition coefficient (Wildman–Crippen LogP) is 2.39. The van der Waals surface area contributed by atoms with Gasteiger partial charge in [-0.25, -0.2) is 0 Å². The van der Waals surface area contributed by atoms with Gasteiger partial charge in [0, 0.05) is 36.0 Å². The van der Waals surface area contributed by atoms with Gasteiger partial charge in [0.05, 0.1) is 32.2 Å². The van der Waals surface area contributed by atoms with Gasteiger partial charge in [-0.15, -0.1) is 0 Å². The van der Waals surface area contributed by atoms with Gasteiger partial charge in [-0.3, -0.25) is 9.48 Å². The Morgan fingerprint density at radius 3 is 2.48 bits per heavy atom. The second kappa shape index (κ2) is 7.86. The van der Waals surface area contributed by atoms with E-state index in [-0.39, 0.29) is 18.0 Å². The highest BCUT2D eigenvalue weighted by atomic mass is 16.5. The third-order valence-electron chi connectivity index (χ3n) is 4.09. The fraction of sp³-hybridized carbons (Fsp3) is 0.263. The SMILES string of the molecule is COc1cc(-c2ccc(C(=O)N[C@H](C)c3cnn(C)c3)cc2)nc(OC)n1. The highest BCUT2D eigenvalue weighted by molar-refractivity contribution is 5.94.